The average molecular weight is 290 g/mol. The largest absolute Gasteiger partial charge is 0.313 e. The topological polar surface area (TPSA) is 12.0 Å². The van der Waals surface area contributed by atoms with Gasteiger partial charge in [0.15, 0.2) is 0 Å². The third-order valence-electron chi connectivity index (χ3n) is 3.97. The van der Waals surface area contributed by atoms with Crippen molar-refractivity contribution in [3.63, 3.8) is 0 Å². The highest BCUT2D eigenvalue weighted by atomic mass is 14.9. The molecular formula is C20H35N. The third-order valence-corrected chi connectivity index (χ3v) is 3.97. The zero-order valence-electron chi connectivity index (χ0n) is 15.2. The maximum Gasteiger partial charge on any atom is 0.0320 e. The van der Waals surface area contributed by atoms with Gasteiger partial charge in [0.1, 0.15) is 0 Å². The first-order chi connectivity index (χ1) is 9.71. The molecule has 2 atom stereocenters. The lowest BCUT2D eigenvalue weighted by Gasteiger charge is -2.27. The van der Waals surface area contributed by atoms with Crippen LogP contribution < -0.4 is 5.32 Å². The summed E-state index contributed by atoms with van der Waals surface area (Å²) in [4.78, 5) is 0. The summed E-state index contributed by atoms with van der Waals surface area (Å²) in [5.41, 5.74) is 3.29. The molecule has 0 saturated heterocycles. The van der Waals surface area contributed by atoms with Crippen LogP contribution in [-0.2, 0) is 6.42 Å². The highest BCUT2D eigenvalue weighted by Gasteiger charge is 2.19. The maximum atomic E-state index is 3.50. The van der Waals surface area contributed by atoms with Crippen LogP contribution in [0, 0.1) is 17.3 Å². The van der Waals surface area contributed by atoms with Gasteiger partial charge in [0.2, 0.25) is 0 Å². The van der Waals surface area contributed by atoms with E-state index in [4.69, 9.17) is 0 Å². The Morgan fingerprint density at radius 2 is 1.57 bits per heavy atom. The molecule has 1 heteroatoms. The Kier molecular flexibility index (Phi) is 6.93. The van der Waals surface area contributed by atoms with Crippen LogP contribution in [0.3, 0.4) is 0 Å². The molecule has 0 spiro atoms. The summed E-state index contributed by atoms with van der Waals surface area (Å²) in [6, 6.07) is 9.68. The van der Waals surface area contributed by atoms with E-state index in [2.05, 4.69) is 78.2 Å². The molecule has 0 radical (unpaired) electrons. The van der Waals surface area contributed by atoms with Crippen molar-refractivity contribution in [2.24, 2.45) is 17.3 Å². The quantitative estimate of drug-likeness (QED) is 0.688. The van der Waals surface area contributed by atoms with Crippen molar-refractivity contribution in [1.82, 2.24) is 5.32 Å². The van der Waals surface area contributed by atoms with Crippen LogP contribution in [0.1, 0.15) is 71.6 Å². The summed E-state index contributed by atoms with van der Waals surface area (Å²) in [5.74, 6) is 1.46. The number of rotatable bonds is 7. The van der Waals surface area contributed by atoms with Gasteiger partial charge in [-0.2, -0.15) is 0 Å². The second-order valence-corrected chi connectivity index (χ2v) is 8.29. The van der Waals surface area contributed by atoms with E-state index in [-0.39, 0.29) is 0 Å². The predicted octanol–water partition coefficient (Wildman–Crippen LogP) is 5.61. The number of nitrogens with one attached hydrogen (secondary N) is 1. The fourth-order valence-corrected chi connectivity index (χ4v) is 3.31. The summed E-state index contributed by atoms with van der Waals surface area (Å²) in [6.07, 6.45) is 3.65. The van der Waals surface area contributed by atoms with E-state index in [0.29, 0.717) is 11.5 Å². The first-order valence-electron chi connectivity index (χ1n) is 8.47. The maximum absolute atomic E-state index is 3.50. The lowest BCUT2D eigenvalue weighted by Crippen LogP contribution is -2.21. The zero-order valence-corrected chi connectivity index (χ0v) is 15.2. The third kappa shape index (κ3) is 7.13. The normalized spacial score (nSPS) is 15.2. The first-order valence-corrected chi connectivity index (χ1v) is 8.47. The molecule has 0 aliphatic heterocycles. The van der Waals surface area contributed by atoms with Crippen molar-refractivity contribution in [1.29, 1.82) is 0 Å². The highest BCUT2D eigenvalue weighted by Crippen LogP contribution is 2.30. The van der Waals surface area contributed by atoms with E-state index < -0.39 is 0 Å². The van der Waals surface area contributed by atoms with Crippen LogP contribution in [0.25, 0.3) is 0 Å². The average Bonchev–Trinajstić information content (AvgIpc) is 2.34. The molecule has 0 aliphatic rings. The number of hydrogen-bond acceptors (Lipinski definition) is 1. The minimum atomic E-state index is 0.416. The van der Waals surface area contributed by atoms with Crippen LogP contribution in [0.2, 0.25) is 0 Å². The second kappa shape index (κ2) is 7.98. The lowest BCUT2D eigenvalue weighted by molar-refractivity contribution is 0.279. The van der Waals surface area contributed by atoms with E-state index in [1.807, 2.05) is 0 Å². The van der Waals surface area contributed by atoms with Gasteiger partial charge in [-0.1, -0.05) is 65.8 Å². The van der Waals surface area contributed by atoms with E-state index in [0.717, 1.165) is 11.8 Å². The van der Waals surface area contributed by atoms with Crippen molar-refractivity contribution in [2.45, 2.75) is 66.8 Å². The monoisotopic (exact) mass is 289 g/mol. The predicted molar refractivity (Wildman–Crippen MR) is 94.6 cm³/mol. The molecule has 1 aromatic rings. The summed E-state index contributed by atoms with van der Waals surface area (Å²) in [7, 11) is 2.08. The van der Waals surface area contributed by atoms with E-state index in [1.165, 1.54) is 30.4 Å². The van der Waals surface area contributed by atoms with Gasteiger partial charge in [-0.25, -0.2) is 0 Å². The molecule has 0 fully saturated rings. The fraction of sp³-hybridized carbons (Fsp3) is 0.700. The van der Waals surface area contributed by atoms with E-state index in [1.54, 1.807) is 0 Å². The summed E-state index contributed by atoms with van der Waals surface area (Å²) < 4.78 is 0. The lowest BCUT2D eigenvalue weighted by atomic mass is 9.82. The molecule has 0 amide bonds. The molecule has 2 unspecified atom stereocenters. The Morgan fingerprint density at radius 1 is 1.00 bits per heavy atom. The van der Waals surface area contributed by atoms with Gasteiger partial charge in [-0.15, -0.1) is 0 Å². The highest BCUT2D eigenvalue weighted by molar-refractivity contribution is 5.25. The van der Waals surface area contributed by atoms with E-state index >= 15 is 0 Å². The Morgan fingerprint density at radius 3 is 2.00 bits per heavy atom. The van der Waals surface area contributed by atoms with Crippen LogP contribution in [0.5, 0.6) is 0 Å². The second-order valence-electron chi connectivity index (χ2n) is 8.29. The van der Waals surface area contributed by atoms with Crippen LogP contribution in [0.15, 0.2) is 24.3 Å². The molecule has 0 aliphatic carbocycles. The molecule has 1 N–H and O–H groups in total. The summed E-state index contributed by atoms with van der Waals surface area (Å²) in [6.45, 7) is 13.9. The minimum absolute atomic E-state index is 0.416. The van der Waals surface area contributed by atoms with Gasteiger partial charge in [-0.05, 0) is 54.7 Å². The van der Waals surface area contributed by atoms with Gasteiger partial charge >= 0.3 is 0 Å². The standard InChI is InChI=1S/C20H35N/c1-15(2)12-17-8-10-18(11-9-17)19(21-7)13-16(3)14-20(4,5)6/h8-11,15-16,19,21H,12-14H2,1-7H3. The Bertz CT molecular complexity index is 397. The van der Waals surface area contributed by atoms with E-state index in [9.17, 15) is 0 Å². The molecule has 0 bridgehead atoms. The first kappa shape index (κ1) is 18.2. The molecule has 1 aromatic carbocycles. The van der Waals surface area contributed by atoms with Gasteiger partial charge in [-0.3, -0.25) is 0 Å². The number of benzene rings is 1. The Balaban J connectivity index is 2.67. The van der Waals surface area contributed by atoms with Crippen molar-refractivity contribution in [3.05, 3.63) is 35.4 Å². The van der Waals surface area contributed by atoms with Gasteiger partial charge in [0.05, 0.1) is 0 Å². The molecule has 1 rings (SSSR count). The smallest absolute Gasteiger partial charge is 0.0320 e. The van der Waals surface area contributed by atoms with Gasteiger partial charge in [0, 0.05) is 6.04 Å². The zero-order chi connectivity index (χ0) is 16.0. The SMILES string of the molecule is CNC(CC(C)CC(C)(C)C)c1ccc(CC(C)C)cc1. The van der Waals surface area contributed by atoms with Crippen molar-refractivity contribution < 1.29 is 0 Å². The van der Waals surface area contributed by atoms with Crippen molar-refractivity contribution in [3.8, 4) is 0 Å². The van der Waals surface area contributed by atoms with Crippen LogP contribution in [0.4, 0.5) is 0 Å². The van der Waals surface area contributed by atoms with Gasteiger partial charge in [0.25, 0.3) is 0 Å². The molecule has 120 valence electrons. The molecule has 21 heavy (non-hydrogen) atoms. The molecule has 1 nitrogen and oxygen atoms in total. The van der Waals surface area contributed by atoms with Crippen LogP contribution in [-0.4, -0.2) is 7.05 Å². The fourth-order valence-electron chi connectivity index (χ4n) is 3.31. The molecule has 0 aromatic heterocycles. The molecule has 0 saturated carbocycles. The van der Waals surface area contributed by atoms with Crippen molar-refractivity contribution >= 4 is 0 Å². The summed E-state index contributed by atoms with van der Waals surface area (Å²) >= 11 is 0. The van der Waals surface area contributed by atoms with Crippen molar-refractivity contribution in [2.75, 3.05) is 7.05 Å². The van der Waals surface area contributed by atoms with Gasteiger partial charge < -0.3 is 5.32 Å². The molecular weight excluding hydrogens is 254 g/mol. The summed E-state index contributed by atoms with van der Waals surface area (Å²) in [5, 5.41) is 3.50. The Hall–Kier alpha value is -0.820. The van der Waals surface area contributed by atoms with Crippen LogP contribution >= 0.6 is 0 Å². The Labute approximate surface area is 132 Å². The molecule has 0 heterocycles. The number of hydrogen-bond donors (Lipinski definition) is 1. The minimum Gasteiger partial charge on any atom is -0.313 e.